The number of hydrogen-bond donors (Lipinski definition) is 2. The lowest BCUT2D eigenvalue weighted by Crippen LogP contribution is -2.31. The normalized spacial score (nSPS) is 19.4. The molecule has 202 valence electrons. The summed E-state index contributed by atoms with van der Waals surface area (Å²) in [5.41, 5.74) is 3.38. The lowest BCUT2D eigenvalue weighted by molar-refractivity contribution is -0.144. The number of aliphatic hydroxyl groups excluding tert-OH is 2. The van der Waals surface area contributed by atoms with Crippen molar-refractivity contribution in [2.75, 3.05) is 19.8 Å². The summed E-state index contributed by atoms with van der Waals surface area (Å²) in [6.45, 7) is 11.3. The number of unbranched alkanes of at least 4 members (excludes halogenated alkanes) is 2. The summed E-state index contributed by atoms with van der Waals surface area (Å²) in [6.07, 6.45) is 7.79. The van der Waals surface area contributed by atoms with Gasteiger partial charge in [0, 0.05) is 17.1 Å². The van der Waals surface area contributed by atoms with Crippen LogP contribution in [0.2, 0.25) is 0 Å². The van der Waals surface area contributed by atoms with Gasteiger partial charge in [0.1, 0.15) is 0 Å². The Labute approximate surface area is 222 Å². The Bertz CT molecular complexity index is 1050. The van der Waals surface area contributed by atoms with E-state index in [0.29, 0.717) is 17.4 Å². The summed E-state index contributed by atoms with van der Waals surface area (Å²) in [6, 6.07) is 13.8. The van der Waals surface area contributed by atoms with Gasteiger partial charge < -0.3 is 19.7 Å². The van der Waals surface area contributed by atoms with Crippen LogP contribution in [0.15, 0.2) is 60.7 Å². The molecule has 0 spiro atoms. The number of ether oxygens (including phenoxy) is 2. The molecule has 0 aromatic heterocycles. The van der Waals surface area contributed by atoms with Crippen LogP contribution in [0.1, 0.15) is 75.8 Å². The van der Waals surface area contributed by atoms with Crippen molar-refractivity contribution in [1.29, 1.82) is 0 Å². The average Bonchev–Trinajstić information content (AvgIpc) is 2.92. The SMILES string of the molecule is C=C(C)C(=O)OCC(COC(O)C(=C)CO)C1CCC(c2ccc3cc(CCCCC)ccc3c2)CC1. The van der Waals surface area contributed by atoms with Crippen molar-refractivity contribution >= 4 is 16.7 Å². The first kappa shape index (κ1) is 29.1. The third kappa shape index (κ3) is 8.53. The first-order valence-corrected chi connectivity index (χ1v) is 13.8. The molecule has 0 heterocycles. The number of rotatable bonds is 14. The minimum Gasteiger partial charge on any atom is -0.462 e. The number of fused-ring (bicyclic) bond motifs is 1. The molecule has 0 radical (unpaired) electrons. The number of esters is 1. The monoisotopic (exact) mass is 508 g/mol. The fourth-order valence-electron chi connectivity index (χ4n) is 5.26. The Kier molecular flexibility index (Phi) is 11.4. The summed E-state index contributed by atoms with van der Waals surface area (Å²) >= 11 is 0. The number of carbonyl (C=O) groups excluding carboxylic acids is 1. The summed E-state index contributed by atoms with van der Waals surface area (Å²) < 4.78 is 11.1. The molecular formula is C32H44O5. The average molecular weight is 509 g/mol. The Balaban J connectivity index is 1.61. The predicted molar refractivity (Wildman–Crippen MR) is 149 cm³/mol. The van der Waals surface area contributed by atoms with Crippen LogP contribution < -0.4 is 0 Å². The first-order chi connectivity index (χ1) is 17.8. The largest absolute Gasteiger partial charge is 0.462 e. The lowest BCUT2D eigenvalue weighted by Gasteiger charge is -2.34. The van der Waals surface area contributed by atoms with Gasteiger partial charge in [-0.25, -0.2) is 4.79 Å². The molecule has 0 aliphatic heterocycles. The molecule has 3 rings (SSSR count). The molecule has 2 aromatic carbocycles. The summed E-state index contributed by atoms with van der Waals surface area (Å²) in [5, 5.41) is 21.9. The van der Waals surface area contributed by atoms with Crippen LogP contribution >= 0.6 is 0 Å². The van der Waals surface area contributed by atoms with Crippen molar-refractivity contribution in [3.63, 3.8) is 0 Å². The number of carbonyl (C=O) groups is 1. The van der Waals surface area contributed by atoms with Crippen LogP contribution in [-0.2, 0) is 20.7 Å². The Hall–Kier alpha value is -2.47. The topological polar surface area (TPSA) is 76.0 Å². The molecule has 0 amide bonds. The fraction of sp³-hybridized carbons (Fsp3) is 0.531. The highest BCUT2D eigenvalue weighted by Crippen LogP contribution is 2.40. The molecule has 2 atom stereocenters. The van der Waals surface area contributed by atoms with Gasteiger partial charge in [0.15, 0.2) is 6.29 Å². The van der Waals surface area contributed by atoms with Gasteiger partial charge in [0.2, 0.25) is 0 Å². The van der Waals surface area contributed by atoms with Crippen molar-refractivity contribution in [1.82, 2.24) is 0 Å². The van der Waals surface area contributed by atoms with Crippen molar-refractivity contribution in [3.8, 4) is 0 Å². The zero-order chi connectivity index (χ0) is 26.8. The van der Waals surface area contributed by atoms with E-state index in [9.17, 15) is 15.0 Å². The molecule has 0 bridgehead atoms. The lowest BCUT2D eigenvalue weighted by atomic mass is 9.74. The van der Waals surface area contributed by atoms with E-state index < -0.39 is 12.3 Å². The van der Waals surface area contributed by atoms with Gasteiger partial charge in [-0.2, -0.15) is 0 Å². The third-order valence-electron chi connectivity index (χ3n) is 7.71. The second-order valence-corrected chi connectivity index (χ2v) is 10.7. The van der Waals surface area contributed by atoms with E-state index in [1.807, 2.05) is 0 Å². The van der Waals surface area contributed by atoms with Crippen LogP contribution in [0.25, 0.3) is 10.8 Å². The van der Waals surface area contributed by atoms with E-state index >= 15 is 0 Å². The van der Waals surface area contributed by atoms with Gasteiger partial charge in [0.05, 0.1) is 19.8 Å². The molecule has 1 saturated carbocycles. The van der Waals surface area contributed by atoms with Gasteiger partial charge in [-0.3, -0.25) is 0 Å². The quantitative estimate of drug-likeness (QED) is 0.101. The van der Waals surface area contributed by atoms with E-state index in [1.54, 1.807) is 6.92 Å². The zero-order valence-corrected chi connectivity index (χ0v) is 22.6. The molecule has 37 heavy (non-hydrogen) atoms. The number of benzene rings is 2. The van der Waals surface area contributed by atoms with Crippen LogP contribution in [0, 0.1) is 11.8 Å². The third-order valence-corrected chi connectivity index (χ3v) is 7.71. The molecule has 1 aliphatic rings. The molecule has 2 unspecified atom stereocenters. The van der Waals surface area contributed by atoms with Crippen molar-refractivity contribution in [2.24, 2.45) is 11.8 Å². The highest BCUT2D eigenvalue weighted by molar-refractivity contribution is 5.87. The maximum Gasteiger partial charge on any atom is 0.333 e. The van der Waals surface area contributed by atoms with Crippen LogP contribution in [0.5, 0.6) is 0 Å². The zero-order valence-electron chi connectivity index (χ0n) is 22.6. The Morgan fingerprint density at radius 1 is 1.03 bits per heavy atom. The summed E-state index contributed by atoms with van der Waals surface area (Å²) in [5.74, 6) is 0.357. The first-order valence-electron chi connectivity index (χ1n) is 13.8. The summed E-state index contributed by atoms with van der Waals surface area (Å²) in [7, 11) is 0. The van der Waals surface area contributed by atoms with Crippen molar-refractivity contribution < 1.29 is 24.5 Å². The van der Waals surface area contributed by atoms with E-state index in [-0.39, 0.29) is 31.3 Å². The molecular weight excluding hydrogens is 464 g/mol. The van der Waals surface area contributed by atoms with E-state index in [2.05, 4.69) is 56.5 Å². The number of hydrogen-bond acceptors (Lipinski definition) is 5. The van der Waals surface area contributed by atoms with Crippen LogP contribution in [0.3, 0.4) is 0 Å². The number of aryl methyl sites for hydroxylation is 1. The molecule has 2 N–H and O–H groups in total. The highest BCUT2D eigenvalue weighted by atomic mass is 16.6. The van der Waals surface area contributed by atoms with Gasteiger partial charge in [-0.15, -0.1) is 0 Å². The Morgan fingerprint density at radius 3 is 2.41 bits per heavy atom. The van der Waals surface area contributed by atoms with E-state index in [4.69, 9.17) is 9.47 Å². The van der Waals surface area contributed by atoms with E-state index in [0.717, 1.165) is 32.1 Å². The molecule has 5 nitrogen and oxygen atoms in total. The van der Waals surface area contributed by atoms with Crippen molar-refractivity contribution in [3.05, 3.63) is 71.8 Å². The smallest absolute Gasteiger partial charge is 0.333 e. The second-order valence-electron chi connectivity index (χ2n) is 10.7. The minimum atomic E-state index is -1.23. The standard InChI is InChI=1S/C32H44O5/c1-5-6-7-8-24-9-10-29-18-28(16-15-27(29)17-24)25-11-13-26(14-12-25)30(20-36-31(34)22(2)3)21-37-32(35)23(4)19-33/h9-10,15-18,25-26,30,32-33,35H,2,4-8,11-14,19-21H2,1,3H3. The maximum atomic E-state index is 12.0. The van der Waals surface area contributed by atoms with Gasteiger partial charge >= 0.3 is 5.97 Å². The Morgan fingerprint density at radius 2 is 1.73 bits per heavy atom. The van der Waals surface area contributed by atoms with E-state index in [1.165, 1.54) is 41.2 Å². The van der Waals surface area contributed by atoms with Crippen molar-refractivity contribution in [2.45, 2.75) is 77.4 Å². The molecule has 5 heteroatoms. The van der Waals surface area contributed by atoms with Gasteiger partial charge in [-0.1, -0.05) is 69.3 Å². The minimum absolute atomic E-state index is 0.0480. The van der Waals surface area contributed by atoms with Gasteiger partial charge in [-0.05, 0) is 79.2 Å². The maximum absolute atomic E-state index is 12.0. The van der Waals surface area contributed by atoms with Gasteiger partial charge in [0.25, 0.3) is 0 Å². The molecule has 1 aliphatic carbocycles. The predicted octanol–water partition coefficient (Wildman–Crippen LogP) is 6.47. The number of aliphatic hydroxyl groups is 2. The fourth-order valence-corrected chi connectivity index (χ4v) is 5.26. The molecule has 0 saturated heterocycles. The molecule has 2 aromatic rings. The second kappa shape index (κ2) is 14.5. The molecule has 1 fully saturated rings. The highest BCUT2D eigenvalue weighted by Gasteiger charge is 2.30. The van der Waals surface area contributed by atoms with Crippen LogP contribution in [0.4, 0.5) is 0 Å². The summed E-state index contributed by atoms with van der Waals surface area (Å²) in [4.78, 5) is 12.0. The van der Waals surface area contributed by atoms with Crippen LogP contribution in [-0.4, -0.2) is 42.3 Å².